The van der Waals surface area contributed by atoms with E-state index in [-0.39, 0.29) is 12.2 Å². The minimum absolute atomic E-state index is 0.219. The summed E-state index contributed by atoms with van der Waals surface area (Å²) < 4.78 is 4.77. The number of benzene rings is 1. The lowest BCUT2D eigenvalue weighted by molar-refractivity contribution is 0.0526. The van der Waals surface area contributed by atoms with E-state index in [0.29, 0.717) is 5.56 Å². The van der Waals surface area contributed by atoms with Crippen LogP contribution in [0.25, 0.3) is 0 Å². The van der Waals surface area contributed by atoms with Crippen molar-refractivity contribution in [3.63, 3.8) is 0 Å². The molecule has 16 heavy (non-hydrogen) atoms. The number of aliphatic imine (C=N–C) groups is 1. The van der Waals surface area contributed by atoms with E-state index >= 15 is 0 Å². The zero-order valence-corrected chi connectivity index (χ0v) is 8.60. The number of esters is 1. The summed E-state index contributed by atoms with van der Waals surface area (Å²) in [5, 5.41) is 0. The Morgan fingerprint density at radius 1 is 1.25 bits per heavy atom. The van der Waals surface area contributed by atoms with Crippen molar-refractivity contribution >= 4 is 18.0 Å². The van der Waals surface area contributed by atoms with Crippen LogP contribution in [0.15, 0.2) is 29.3 Å². The number of rotatable bonds is 3. The first-order valence-electron chi connectivity index (χ1n) is 4.58. The topological polar surface area (TPSA) is 72.8 Å². The molecule has 0 saturated heterocycles. The Bertz CT molecular complexity index is 444. The molecular formula is C11H9NO4. The molecule has 0 spiro atoms. The highest BCUT2D eigenvalue weighted by atomic mass is 16.5. The van der Waals surface area contributed by atoms with Crippen LogP contribution >= 0.6 is 0 Å². The summed E-state index contributed by atoms with van der Waals surface area (Å²) >= 11 is 0. The Morgan fingerprint density at radius 3 is 2.31 bits per heavy atom. The third kappa shape index (κ3) is 2.87. The molecule has 1 amide bonds. The van der Waals surface area contributed by atoms with E-state index in [9.17, 15) is 14.4 Å². The summed E-state index contributed by atoms with van der Waals surface area (Å²) in [5.74, 6) is -1.15. The largest absolute Gasteiger partial charge is 0.462 e. The molecule has 1 rings (SSSR count). The number of hydrogen-bond donors (Lipinski definition) is 0. The molecule has 0 radical (unpaired) electrons. The molecule has 82 valence electrons. The van der Waals surface area contributed by atoms with Gasteiger partial charge in [-0.05, 0) is 31.2 Å². The normalized spacial score (nSPS) is 9.06. The fraction of sp³-hybridized carbons (Fsp3) is 0.182. The van der Waals surface area contributed by atoms with Gasteiger partial charge in [-0.25, -0.2) is 9.59 Å². The predicted octanol–water partition coefficient (Wildman–Crippen LogP) is 1.34. The summed E-state index contributed by atoms with van der Waals surface area (Å²) in [6, 6.07) is 5.67. The summed E-state index contributed by atoms with van der Waals surface area (Å²) in [4.78, 5) is 35.2. The van der Waals surface area contributed by atoms with Crippen molar-refractivity contribution in [1.82, 2.24) is 0 Å². The van der Waals surface area contributed by atoms with Gasteiger partial charge in [-0.1, -0.05) is 0 Å². The maximum absolute atomic E-state index is 11.3. The van der Waals surface area contributed by atoms with E-state index in [1.807, 2.05) is 0 Å². The van der Waals surface area contributed by atoms with Crippen LogP contribution in [0.4, 0.5) is 0 Å². The maximum atomic E-state index is 11.3. The summed E-state index contributed by atoms with van der Waals surface area (Å²) in [6.45, 7) is 1.99. The van der Waals surface area contributed by atoms with E-state index in [1.54, 1.807) is 6.92 Å². The first kappa shape index (κ1) is 11.8. The lowest BCUT2D eigenvalue weighted by atomic mass is 10.1. The van der Waals surface area contributed by atoms with Gasteiger partial charge in [-0.3, -0.25) is 4.79 Å². The van der Waals surface area contributed by atoms with Crippen LogP contribution in [0, 0.1) is 0 Å². The molecule has 0 fully saturated rings. The van der Waals surface area contributed by atoms with Crippen LogP contribution in [0.2, 0.25) is 0 Å². The van der Waals surface area contributed by atoms with Crippen molar-refractivity contribution < 1.29 is 19.1 Å². The highest BCUT2D eigenvalue weighted by Crippen LogP contribution is 2.07. The molecule has 1 aromatic carbocycles. The van der Waals surface area contributed by atoms with Crippen LogP contribution in [0.1, 0.15) is 27.6 Å². The number of ether oxygens (including phenoxy) is 1. The van der Waals surface area contributed by atoms with Gasteiger partial charge < -0.3 is 4.74 Å². The molecular weight excluding hydrogens is 210 g/mol. The zero-order chi connectivity index (χ0) is 12.0. The van der Waals surface area contributed by atoms with Crippen LogP contribution in [-0.4, -0.2) is 24.6 Å². The van der Waals surface area contributed by atoms with Crippen LogP contribution in [-0.2, 0) is 9.53 Å². The number of amides is 1. The van der Waals surface area contributed by atoms with Crippen molar-refractivity contribution in [2.24, 2.45) is 4.99 Å². The summed E-state index contributed by atoms with van der Waals surface area (Å²) in [7, 11) is 0. The standard InChI is InChI=1S/C11H9NO4/c1-2-16-11(15)9-5-3-8(4-6-9)10(14)12-7-13/h3-6H,2H2,1H3. The zero-order valence-electron chi connectivity index (χ0n) is 8.60. The molecule has 0 aromatic heterocycles. The molecule has 0 aliphatic rings. The first-order valence-corrected chi connectivity index (χ1v) is 4.58. The summed E-state index contributed by atoms with van der Waals surface area (Å²) in [6.07, 6.45) is 1.16. The lowest BCUT2D eigenvalue weighted by Crippen LogP contribution is -2.05. The van der Waals surface area contributed by atoms with E-state index in [4.69, 9.17) is 4.74 Å². The molecule has 0 bridgehead atoms. The third-order valence-electron chi connectivity index (χ3n) is 1.79. The van der Waals surface area contributed by atoms with Crippen LogP contribution < -0.4 is 0 Å². The highest BCUT2D eigenvalue weighted by molar-refractivity contribution is 5.98. The average molecular weight is 219 g/mol. The number of isocyanates is 1. The van der Waals surface area contributed by atoms with Gasteiger partial charge in [0.1, 0.15) is 0 Å². The molecule has 0 heterocycles. The van der Waals surface area contributed by atoms with Gasteiger partial charge in [0, 0.05) is 5.56 Å². The van der Waals surface area contributed by atoms with Crippen LogP contribution in [0.3, 0.4) is 0 Å². The minimum atomic E-state index is -0.689. The Hall–Kier alpha value is -2.26. The van der Waals surface area contributed by atoms with E-state index in [0.717, 1.165) is 6.08 Å². The smallest absolute Gasteiger partial charge is 0.338 e. The van der Waals surface area contributed by atoms with Gasteiger partial charge >= 0.3 is 5.97 Å². The van der Waals surface area contributed by atoms with Crippen molar-refractivity contribution in [1.29, 1.82) is 0 Å². The number of nitrogens with zero attached hydrogens (tertiary/aromatic N) is 1. The molecule has 5 heteroatoms. The predicted molar refractivity (Wildman–Crippen MR) is 54.9 cm³/mol. The Balaban J connectivity index is 2.86. The van der Waals surface area contributed by atoms with Gasteiger partial charge in [0.05, 0.1) is 12.2 Å². The van der Waals surface area contributed by atoms with Gasteiger partial charge in [0.15, 0.2) is 0 Å². The molecule has 0 N–H and O–H groups in total. The Kier molecular flexibility index (Phi) is 4.12. The monoisotopic (exact) mass is 219 g/mol. The minimum Gasteiger partial charge on any atom is -0.462 e. The SMILES string of the molecule is CCOC(=O)c1ccc(C(=O)N=C=O)cc1. The maximum Gasteiger partial charge on any atom is 0.338 e. The first-order chi connectivity index (χ1) is 7.69. The third-order valence-corrected chi connectivity index (χ3v) is 1.79. The van der Waals surface area contributed by atoms with Gasteiger partial charge in [-0.2, -0.15) is 0 Å². The highest BCUT2D eigenvalue weighted by Gasteiger charge is 2.08. The molecule has 1 aromatic rings. The van der Waals surface area contributed by atoms with E-state index in [2.05, 4.69) is 4.99 Å². The quantitative estimate of drug-likeness (QED) is 0.437. The molecule has 0 unspecified atom stereocenters. The number of carbonyl (C=O) groups is 2. The van der Waals surface area contributed by atoms with Crippen LogP contribution in [0.5, 0.6) is 0 Å². The van der Waals surface area contributed by atoms with E-state index in [1.165, 1.54) is 24.3 Å². The number of hydrogen-bond acceptors (Lipinski definition) is 4. The molecule has 0 aliphatic heterocycles. The fourth-order valence-electron chi connectivity index (χ4n) is 1.07. The van der Waals surface area contributed by atoms with E-state index < -0.39 is 11.9 Å². The lowest BCUT2D eigenvalue weighted by Gasteiger charge is -2.01. The average Bonchev–Trinajstić information content (AvgIpc) is 2.30. The summed E-state index contributed by atoms with van der Waals surface area (Å²) in [5.41, 5.74) is 0.560. The second kappa shape index (κ2) is 5.58. The molecule has 0 aliphatic carbocycles. The molecule has 0 saturated carbocycles. The fourth-order valence-corrected chi connectivity index (χ4v) is 1.07. The van der Waals surface area contributed by atoms with Gasteiger partial charge in [0.2, 0.25) is 6.08 Å². The molecule has 5 nitrogen and oxygen atoms in total. The second-order valence-electron chi connectivity index (χ2n) is 2.81. The number of carbonyl (C=O) groups excluding carboxylic acids is 3. The Labute approximate surface area is 91.7 Å². The second-order valence-corrected chi connectivity index (χ2v) is 2.81. The van der Waals surface area contributed by atoms with Crippen molar-refractivity contribution in [2.75, 3.05) is 6.61 Å². The molecule has 0 atom stereocenters. The van der Waals surface area contributed by atoms with Crippen molar-refractivity contribution in [3.8, 4) is 0 Å². The Morgan fingerprint density at radius 2 is 1.81 bits per heavy atom. The van der Waals surface area contributed by atoms with Crippen molar-refractivity contribution in [3.05, 3.63) is 35.4 Å². The van der Waals surface area contributed by atoms with Gasteiger partial charge in [0.25, 0.3) is 5.91 Å². The van der Waals surface area contributed by atoms with Gasteiger partial charge in [-0.15, -0.1) is 4.99 Å². The van der Waals surface area contributed by atoms with Crippen molar-refractivity contribution in [2.45, 2.75) is 6.92 Å².